The summed E-state index contributed by atoms with van der Waals surface area (Å²) in [5.74, 6) is 3.63. The summed E-state index contributed by atoms with van der Waals surface area (Å²) in [5.41, 5.74) is 1.04. The fourth-order valence-electron chi connectivity index (χ4n) is 5.17. The Morgan fingerprint density at radius 2 is 1.70 bits per heavy atom. The third-order valence-corrected chi connectivity index (χ3v) is 6.54. The molecule has 1 aromatic rings. The average Bonchev–Trinajstić information content (AvgIpc) is 2.41. The van der Waals surface area contributed by atoms with Gasteiger partial charge in [-0.1, -0.05) is 15.9 Å². The molecule has 0 unspecified atom stereocenters. The second-order valence-corrected chi connectivity index (χ2v) is 7.93. The zero-order valence-electron chi connectivity index (χ0n) is 11.6. The van der Waals surface area contributed by atoms with Crippen LogP contribution >= 0.6 is 15.9 Å². The maximum absolute atomic E-state index is 13.4. The minimum atomic E-state index is -0.143. The molecule has 4 aliphatic carbocycles. The quantitative estimate of drug-likeness (QED) is 0.856. The zero-order valence-corrected chi connectivity index (χ0v) is 13.2. The first-order chi connectivity index (χ1) is 9.69. The summed E-state index contributed by atoms with van der Waals surface area (Å²) in [6.07, 6.45) is 7.20. The van der Waals surface area contributed by atoms with Gasteiger partial charge < -0.3 is 5.32 Å². The van der Waals surface area contributed by atoms with E-state index in [1.807, 2.05) is 6.07 Å². The molecule has 0 aliphatic heterocycles. The van der Waals surface area contributed by atoms with E-state index in [1.165, 1.54) is 38.2 Å². The minimum Gasteiger partial charge on any atom is -0.309 e. The van der Waals surface area contributed by atoms with Crippen LogP contribution in [0.1, 0.15) is 37.7 Å². The molecule has 4 saturated carbocycles. The Morgan fingerprint density at radius 1 is 1.05 bits per heavy atom. The summed E-state index contributed by atoms with van der Waals surface area (Å²) in [7, 11) is 0. The number of halogens is 2. The Bertz CT molecular complexity index is 488. The van der Waals surface area contributed by atoms with Crippen LogP contribution in [0.4, 0.5) is 4.39 Å². The largest absolute Gasteiger partial charge is 0.309 e. The van der Waals surface area contributed by atoms with Crippen molar-refractivity contribution in [2.45, 2.75) is 44.7 Å². The van der Waals surface area contributed by atoms with E-state index < -0.39 is 0 Å². The molecular formula is C17H21BrFN. The van der Waals surface area contributed by atoms with Gasteiger partial charge in [-0.15, -0.1) is 0 Å². The molecule has 4 bridgehead atoms. The van der Waals surface area contributed by atoms with Gasteiger partial charge in [0.25, 0.3) is 0 Å². The number of hydrogen-bond acceptors (Lipinski definition) is 1. The van der Waals surface area contributed by atoms with E-state index in [4.69, 9.17) is 0 Å². The van der Waals surface area contributed by atoms with E-state index >= 15 is 0 Å². The van der Waals surface area contributed by atoms with Crippen LogP contribution in [-0.2, 0) is 6.54 Å². The topological polar surface area (TPSA) is 12.0 Å². The second kappa shape index (κ2) is 5.10. The highest BCUT2D eigenvalue weighted by Gasteiger charge is 2.47. The Labute approximate surface area is 128 Å². The average molecular weight is 338 g/mol. The van der Waals surface area contributed by atoms with Crippen LogP contribution in [0.2, 0.25) is 0 Å². The molecule has 3 heteroatoms. The van der Waals surface area contributed by atoms with Gasteiger partial charge >= 0.3 is 0 Å². The molecule has 0 heterocycles. The van der Waals surface area contributed by atoms with Crippen LogP contribution < -0.4 is 5.32 Å². The Kier molecular flexibility index (Phi) is 3.38. The van der Waals surface area contributed by atoms with Crippen LogP contribution in [0, 0.1) is 29.5 Å². The Hall–Kier alpha value is -0.410. The lowest BCUT2D eigenvalue weighted by Crippen LogP contribution is -2.54. The lowest BCUT2D eigenvalue weighted by Gasteiger charge is -2.54. The van der Waals surface area contributed by atoms with Gasteiger partial charge in [-0.2, -0.15) is 0 Å². The second-order valence-electron chi connectivity index (χ2n) is 7.07. The molecule has 4 fully saturated rings. The van der Waals surface area contributed by atoms with E-state index in [0.717, 1.165) is 40.3 Å². The van der Waals surface area contributed by atoms with Crippen molar-refractivity contribution in [3.8, 4) is 0 Å². The van der Waals surface area contributed by atoms with Crippen molar-refractivity contribution >= 4 is 15.9 Å². The molecule has 1 N–H and O–H groups in total. The summed E-state index contributed by atoms with van der Waals surface area (Å²) < 4.78 is 14.4. The fraction of sp³-hybridized carbons (Fsp3) is 0.647. The molecule has 4 aliphatic rings. The highest BCUT2D eigenvalue weighted by atomic mass is 79.9. The lowest BCUT2D eigenvalue weighted by molar-refractivity contribution is -0.0142. The molecule has 0 radical (unpaired) electrons. The monoisotopic (exact) mass is 337 g/mol. The van der Waals surface area contributed by atoms with E-state index in [1.54, 1.807) is 6.07 Å². The number of rotatable bonds is 3. The van der Waals surface area contributed by atoms with E-state index in [-0.39, 0.29) is 5.82 Å². The molecule has 0 aromatic heterocycles. The van der Waals surface area contributed by atoms with Crippen LogP contribution in [-0.4, -0.2) is 6.04 Å². The maximum Gasteiger partial charge on any atom is 0.123 e. The molecule has 0 spiro atoms. The summed E-state index contributed by atoms with van der Waals surface area (Å²) in [6, 6.07) is 5.63. The highest BCUT2D eigenvalue weighted by molar-refractivity contribution is 9.10. The number of hydrogen-bond donors (Lipinski definition) is 1. The lowest BCUT2D eigenvalue weighted by atomic mass is 9.54. The highest BCUT2D eigenvalue weighted by Crippen LogP contribution is 2.53. The van der Waals surface area contributed by atoms with Gasteiger partial charge in [-0.05, 0) is 79.5 Å². The number of nitrogens with one attached hydrogen (secondary N) is 1. The van der Waals surface area contributed by atoms with Crippen molar-refractivity contribution in [1.82, 2.24) is 5.32 Å². The van der Waals surface area contributed by atoms with Crippen LogP contribution in [0.5, 0.6) is 0 Å². The predicted octanol–water partition coefficient (Wildman–Crippen LogP) is 4.50. The molecule has 0 saturated heterocycles. The molecule has 5 rings (SSSR count). The maximum atomic E-state index is 13.4. The van der Waals surface area contributed by atoms with E-state index in [0.29, 0.717) is 6.04 Å². The smallest absolute Gasteiger partial charge is 0.123 e. The summed E-state index contributed by atoms with van der Waals surface area (Å²) in [5, 5.41) is 3.75. The molecule has 0 amide bonds. The summed E-state index contributed by atoms with van der Waals surface area (Å²) in [4.78, 5) is 0. The van der Waals surface area contributed by atoms with Crippen molar-refractivity contribution in [2.75, 3.05) is 0 Å². The first-order valence-corrected chi connectivity index (χ1v) is 8.65. The van der Waals surface area contributed by atoms with Gasteiger partial charge in [0.1, 0.15) is 5.82 Å². The van der Waals surface area contributed by atoms with Gasteiger partial charge in [-0.25, -0.2) is 4.39 Å². The summed E-state index contributed by atoms with van der Waals surface area (Å²) in [6.45, 7) is 0.783. The SMILES string of the molecule is Fc1ccc(Br)c(CNC2C3CC4CC(C3)CC2C4)c1. The molecule has 1 aromatic carbocycles. The van der Waals surface area contributed by atoms with Gasteiger partial charge in [0.15, 0.2) is 0 Å². The normalized spacial score (nSPS) is 38.4. The van der Waals surface area contributed by atoms with Crippen molar-refractivity contribution in [2.24, 2.45) is 23.7 Å². The van der Waals surface area contributed by atoms with E-state index in [9.17, 15) is 4.39 Å². The molecule has 1 nitrogen and oxygen atoms in total. The summed E-state index contributed by atoms with van der Waals surface area (Å²) >= 11 is 3.53. The first kappa shape index (κ1) is 13.3. The predicted molar refractivity (Wildman–Crippen MR) is 81.8 cm³/mol. The molecular weight excluding hydrogens is 317 g/mol. The molecule has 20 heavy (non-hydrogen) atoms. The Morgan fingerprint density at radius 3 is 2.35 bits per heavy atom. The van der Waals surface area contributed by atoms with Crippen molar-refractivity contribution in [3.63, 3.8) is 0 Å². The van der Waals surface area contributed by atoms with Crippen molar-refractivity contribution in [3.05, 3.63) is 34.1 Å². The van der Waals surface area contributed by atoms with Crippen LogP contribution in [0.3, 0.4) is 0 Å². The Balaban J connectivity index is 1.46. The third kappa shape index (κ3) is 2.33. The third-order valence-electron chi connectivity index (χ3n) is 5.76. The van der Waals surface area contributed by atoms with Gasteiger partial charge in [0, 0.05) is 17.1 Å². The first-order valence-electron chi connectivity index (χ1n) is 7.86. The minimum absolute atomic E-state index is 0.143. The fourth-order valence-corrected chi connectivity index (χ4v) is 5.55. The van der Waals surface area contributed by atoms with Crippen LogP contribution in [0.15, 0.2) is 22.7 Å². The van der Waals surface area contributed by atoms with Gasteiger partial charge in [0.2, 0.25) is 0 Å². The number of benzene rings is 1. The molecule has 0 atom stereocenters. The van der Waals surface area contributed by atoms with Crippen molar-refractivity contribution in [1.29, 1.82) is 0 Å². The van der Waals surface area contributed by atoms with E-state index in [2.05, 4.69) is 21.2 Å². The zero-order chi connectivity index (χ0) is 13.7. The molecule has 108 valence electrons. The van der Waals surface area contributed by atoms with Crippen LogP contribution in [0.25, 0.3) is 0 Å². The van der Waals surface area contributed by atoms with Crippen molar-refractivity contribution < 1.29 is 4.39 Å². The van der Waals surface area contributed by atoms with Gasteiger partial charge in [-0.3, -0.25) is 0 Å². The standard InChI is InChI=1S/C17H21BrFN/c18-16-2-1-15(19)8-14(16)9-20-17-12-4-10-3-11(6-12)7-13(17)5-10/h1-2,8,10-13,17,20H,3-7,9H2. The van der Waals surface area contributed by atoms with Gasteiger partial charge in [0.05, 0.1) is 0 Å².